The molecule has 5 heteroatoms. The Balaban J connectivity index is 1.94. The normalized spacial score (nSPS) is 21.6. The molecule has 2 N–H and O–H groups in total. The van der Waals surface area contributed by atoms with Crippen molar-refractivity contribution in [1.29, 1.82) is 0 Å². The minimum Gasteiger partial charge on any atom is -0.352 e. The average Bonchev–Trinajstić information content (AvgIpc) is 2.60. The molecule has 1 atom stereocenters. The maximum Gasteiger partial charge on any atom is 0.251 e. The zero-order chi connectivity index (χ0) is 18.4. The fourth-order valence-corrected chi connectivity index (χ4v) is 3.37. The predicted molar refractivity (Wildman–Crippen MR) is 96.7 cm³/mol. The lowest BCUT2D eigenvalue weighted by Crippen LogP contribution is -2.52. The number of rotatable bonds is 6. The molecule has 0 spiro atoms. The lowest BCUT2D eigenvalue weighted by atomic mass is 9.84. The summed E-state index contributed by atoms with van der Waals surface area (Å²) < 4.78 is 13.0. The van der Waals surface area contributed by atoms with Crippen molar-refractivity contribution < 1.29 is 14.0 Å². The fourth-order valence-electron chi connectivity index (χ4n) is 3.37. The number of nitrogens with one attached hydrogen (secondary N) is 2. The van der Waals surface area contributed by atoms with Gasteiger partial charge in [0.15, 0.2) is 0 Å². The monoisotopic (exact) mass is 348 g/mol. The molecule has 0 aromatic heterocycles. The lowest BCUT2D eigenvalue weighted by Gasteiger charge is -2.30. The lowest BCUT2D eigenvalue weighted by molar-refractivity contribution is -0.124. The maximum atomic E-state index is 13.0. The quantitative estimate of drug-likeness (QED) is 0.824. The van der Waals surface area contributed by atoms with Gasteiger partial charge in [-0.1, -0.05) is 27.2 Å². The number of halogens is 1. The first-order valence-electron chi connectivity index (χ1n) is 9.27. The second-order valence-electron chi connectivity index (χ2n) is 7.34. The highest BCUT2D eigenvalue weighted by Crippen LogP contribution is 2.26. The molecular weight excluding hydrogens is 319 g/mol. The van der Waals surface area contributed by atoms with E-state index in [2.05, 4.69) is 17.6 Å². The van der Waals surface area contributed by atoms with Gasteiger partial charge < -0.3 is 10.6 Å². The Morgan fingerprint density at radius 2 is 1.72 bits per heavy atom. The maximum absolute atomic E-state index is 13.0. The third-order valence-corrected chi connectivity index (χ3v) is 5.11. The van der Waals surface area contributed by atoms with Crippen LogP contribution in [0.1, 0.15) is 63.2 Å². The predicted octanol–water partition coefficient (Wildman–Crippen LogP) is 3.67. The molecule has 0 radical (unpaired) electrons. The van der Waals surface area contributed by atoms with Crippen molar-refractivity contribution in [3.63, 3.8) is 0 Å². The van der Waals surface area contributed by atoms with Crippen LogP contribution in [0.4, 0.5) is 4.39 Å². The van der Waals surface area contributed by atoms with E-state index in [4.69, 9.17) is 0 Å². The summed E-state index contributed by atoms with van der Waals surface area (Å²) >= 11 is 0. The topological polar surface area (TPSA) is 58.2 Å². The Labute approximate surface area is 149 Å². The second kappa shape index (κ2) is 8.97. The number of hydrogen-bond acceptors (Lipinski definition) is 2. The molecule has 0 heterocycles. The van der Waals surface area contributed by atoms with E-state index in [0.29, 0.717) is 5.56 Å². The van der Waals surface area contributed by atoms with Crippen molar-refractivity contribution >= 4 is 11.8 Å². The highest BCUT2D eigenvalue weighted by Gasteiger charge is 2.28. The largest absolute Gasteiger partial charge is 0.352 e. The molecule has 1 aliphatic rings. The molecular formula is C20H29FN2O2. The van der Waals surface area contributed by atoms with Crippen molar-refractivity contribution in [2.24, 2.45) is 11.8 Å². The van der Waals surface area contributed by atoms with Crippen LogP contribution in [0.5, 0.6) is 0 Å². The van der Waals surface area contributed by atoms with E-state index in [1.165, 1.54) is 30.7 Å². The Morgan fingerprint density at radius 3 is 2.24 bits per heavy atom. The van der Waals surface area contributed by atoms with Gasteiger partial charge >= 0.3 is 0 Å². The van der Waals surface area contributed by atoms with Crippen LogP contribution >= 0.6 is 0 Å². The zero-order valence-corrected chi connectivity index (χ0v) is 15.3. The zero-order valence-electron chi connectivity index (χ0n) is 15.3. The molecule has 1 fully saturated rings. The van der Waals surface area contributed by atoms with Crippen molar-refractivity contribution in [3.8, 4) is 0 Å². The molecule has 0 bridgehead atoms. The average molecular weight is 348 g/mol. The Hall–Kier alpha value is -1.91. The van der Waals surface area contributed by atoms with Crippen LogP contribution in [0, 0.1) is 17.7 Å². The van der Waals surface area contributed by atoms with Crippen LogP contribution in [0.15, 0.2) is 24.3 Å². The van der Waals surface area contributed by atoms with Gasteiger partial charge in [0.05, 0.1) is 0 Å². The van der Waals surface area contributed by atoms with Crippen LogP contribution in [0.2, 0.25) is 0 Å². The molecule has 1 aliphatic carbocycles. The van der Waals surface area contributed by atoms with Gasteiger partial charge in [-0.3, -0.25) is 9.59 Å². The SMILES string of the molecule is CCC1CCC(NC(=O)C(NC(=O)c2ccc(F)cc2)C(C)C)CC1. The van der Waals surface area contributed by atoms with Gasteiger partial charge in [0, 0.05) is 11.6 Å². The molecule has 1 aromatic rings. The number of carbonyl (C=O) groups is 2. The molecule has 0 saturated heterocycles. The minimum absolute atomic E-state index is 0.0311. The van der Waals surface area contributed by atoms with E-state index in [9.17, 15) is 14.0 Å². The smallest absolute Gasteiger partial charge is 0.251 e. The first-order valence-corrected chi connectivity index (χ1v) is 9.27. The van der Waals surface area contributed by atoms with Crippen molar-refractivity contribution in [2.45, 2.75) is 65.0 Å². The van der Waals surface area contributed by atoms with E-state index in [0.717, 1.165) is 31.6 Å². The van der Waals surface area contributed by atoms with Crippen LogP contribution in [0.3, 0.4) is 0 Å². The van der Waals surface area contributed by atoms with Crippen molar-refractivity contribution in [3.05, 3.63) is 35.6 Å². The van der Waals surface area contributed by atoms with Crippen LogP contribution < -0.4 is 10.6 Å². The van der Waals surface area contributed by atoms with Gasteiger partial charge in [-0.15, -0.1) is 0 Å². The van der Waals surface area contributed by atoms with Gasteiger partial charge in [-0.05, 0) is 61.8 Å². The van der Waals surface area contributed by atoms with Crippen LogP contribution in [-0.4, -0.2) is 23.9 Å². The van der Waals surface area contributed by atoms with E-state index in [-0.39, 0.29) is 23.8 Å². The van der Waals surface area contributed by atoms with Gasteiger partial charge in [-0.25, -0.2) is 4.39 Å². The first-order chi connectivity index (χ1) is 11.9. The van der Waals surface area contributed by atoms with Gasteiger partial charge in [0.25, 0.3) is 5.91 Å². The van der Waals surface area contributed by atoms with Crippen molar-refractivity contribution in [2.75, 3.05) is 0 Å². The van der Waals surface area contributed by atoms with Crippen molar-refractivity contribution in [1.82, 2.24) is 10.6 Å². The fraction of sp³-hybridized carbons (Fsp3) is 0.600. The Kier molecular flexibility index (Phi) is 6.97. The van der Waals surface area contributed by atoms with Gasteiger partial charge in [0.2, 0.25) is 5.91 Å². The Bertz CT molecular complexity index is 578. The van der Waals surface area contributed by atoms with Crippen LogP contribution in [0.25, 0.3) is 0 Å². The number of benzene rings is 1. The summed E-state index contributed by atoms with van der Waals surface area (Å²) in [7, 11) is 0. The molecule has 1 saturated carbocycles. The molecule has 138 valence electrons. The summed E-state index contributed by atoms with van der Waals surface area (Å²) in [6, 6.07) is 4.93. The second-order valence-corrected chi connectivity index (χ2v) is 7.34. The number of carbonyl (C=O) groups excluding carboxylic acids is 2. The van der Waals surface area contributed by atoms with E-state index in [1.54, 1.807) is 0 Å². The molecule has 2 rings (SSSR count). The molecule has 25 heavy (non-hydrogen) atoms. The van der Waals surface area contributed by atoms with E-state index < -0.39 is 11.9 Å². The van der Waals surface area contributed by atoms with E-state index in [1.807, 2.05) is 13.8 Å². The molecule has 1 aromatic carbocycles. The summed E-state index contributed by atoms with van der Waals surface area (Å²) in [4.78, 5) is 25.0. The third kappa shape index (κ3) is 5.55. The third-order valence-electron chi connectivity index (χ3n) is 5.11. The molecule has 1 unspecified atom stereocenters. The molecule has 0 aliphatic heterocycles. The molecule has 4 nitrogen and oxygen atoms in total. The number of hydrogen-bond donors (Lipinski definition) is 2. The summed E-state index contributed by atoms with van der Waals surface area (Å²) in [5.74, 6) is -0.144. The summed E-state index contributed by atoms with van der Waals surface area (Å²) in [5.41, 5.74) is 0.350. The molecule has 2 amide bonds. The summed E-state index contributed by atoms with van der Waals surface area (Å²) in [6.07, 6.45) is 5.50. The standard InChI is InChI=1S/C20H29FN2O2/c1-4-14-5-11-17(12-6-14)22-20(25)18(13(2)3)23-19(24)15-7-9-16(21)10-8-15/h7-10,13-14,17-18H,4-6,11-12H2,1-3H3,(H,22,25)(H,23,24). The van der Waals surface area contributed by atoms with Gasteiger partial charge in [-0.2, -0.15) is 0 Å². The van der Waals surface area contributed by atoms with E-state index >= 15 is 0 Å². The van der Waals surface area contributed by atoms with Gasteiger partial charge in [0.1, 0.15) is 11.9 Å². The number of amides is 2. The summed E-state index contributed by atoms with van der Waals surface area (Å²) in [6.45, 7) is 6.02. The first kappa shape index (κ1) is 19.4. The Morgan fingerprint density at radius 1 is 1.12 bits per heavy atom. The minimum atomic E-state index is -0.596. The highest BCUT2D eigenvalue weighted by atomic mass is 19.1. The van der Waals surface area contributed by atoms with Crippen LogP contribution in [-0.2, 0) is 4.79 Å². The highest BCUT2D eigenvalue weighted by molar-refractivity contribution is 5.97. The summed E-state index contributed by atoms with van der Waals surface area (Å²) in [5, 5.41) is 5.89.